The van der Waals surface area contributed by atoms with Gasteiger partial charge in [0.1, 0.15) is 0 Å². The summed E-state index contributed by atoms with van der Waals surface area (Å²) in [5, 5.41) is 3.60. The average molecular weight is 269 g/mol. The summed E-state index contributed by atoms with van der Waals surface area (Å²) in [4.78, 5) is 8.70. The predicted octanol–water partition coefficient (Wildman–Crippen LogP) is 3.49. The van der Waals surface area contributed by atoms with E-state index >= 15 is 0 Å². The lowest BCUT2D eigenvalue weighted by atomic mass is 9.92. The van der Waals surface area contributed by atoms with Crippen molar-refractivity contribution >= 4 is 0 Å². The van der Waals surface area contributed by atoms with E-state index in [0.717, 1.165) is 18.7 Å². The van der Waals surface area contributed by atoms with E-state index in [2.05, 4.69) is 55.1 Å². The number of hydrogen-bond acceptors (Lipinski definition) is 3. The molecule has 2 aromatic rings. The van der Waals surface area contributed by atoms with E-state index in [-0.39, 0.29) is 6.04 Å². The zero-order chi connectivity index (χ0) is 14.5. The van der Waals surface area contributed by atoms with Crippen LogP contribution in [0.4, 0.5) is 0 Å². The summed E-state index contributed by atoms with van der Waals surface area (Å²) in [6.07, 6.45) is 6.43. The lowest BCUT2D eigenvalue weighted by molar-refractivity contribution is 0.579. The average Bonchev–Trinajstić information content (AvgIpc) is 2.42. The molecule has 0 fully saturated rings. The van der Waals surface area contributed by atoms with Gasteiger partial charge in [0.15, 0.2) is 0 Å². The summed E-state index contributed by atoms with van der Waals surface area (Å²) in [6.45, 7) is 9.63. The second-order valence-electron chi connectivity index (χ2n) is 5.33. The van der Waals surface area contributed by atoms with Crippen molar-refractivity contribution in [3.63, 3.8) is 0 Å². The standard InChI is InChI=1S/C17H23N3/c1-5-6-20-17(15-11-18-7-8-19-15)16-13(3)9-12(2)10-14(16)4/h7-11,17,20H,5-6H2,1-4H3. The van der Waals surface area contributed by atoms with E-state index in [1.165, 1.54) is 22.3 Å². The van der Waals surface area contributed by atoms with Crippen LogP contribution in [-0.2, 0) is 0 Å². The van der Waals surface area contributed by atoms with Gasteiger partial charge in [0.25, 0.3) is 0 Å². The molecule has 0 bridgehead atoms. The van der Waals surface area contributed by atoms with E-state index in [9.17, 15) is 0 Å². The Hall–Kier alpha value is -1.74. The summed E-state index contributed by atoms with van der Waals surface area (Å²) in [7, 11) is 0. The topological polar surface area (TPSA) is 37.8 Å². The maximum Gasteiger partial charge on any atom is 0.0801 e. The van der Waals surface area contributed by atoms with Gasteiger partial charge in [-0.2, -0.15) is 0 Å². The van der Waals surface area contributed by atoms with E-state index in [0.29, 0.717) is 0 Å². The molecule has 0 aliphatic rings. The van der Waals surface area contributed by atoms with Crippen LogP contribution in [0.3, 0.4) is 0 Å². The zero-order valence-corrected chi connectivity index (χ0v) is 12.8. The van der Waals surface area contributed by atoms with Crippen molar-refractivity contribution in [2.75, 3.05) is 6.54 Å². The van der Waals surface area contributed by atoms with Crippen molar-refractivity contribution in [2.45, 2.75) is 40.2 Å². The molecule has 2 rings (SSSR count). The lowest BCUT2D eigenvalue weighted by Gasteiger charge is -2.22. The SMILES string of the molecule is CCCNC(c1cnccn1)c1c(C)cc(C)cc1C. The first-order valence-electron chi connectivity index (χ1n) is 7.20. The molecule has 1 unspecified atom stereocenters. The fourth-order valence-electron chi connectivity index (χ4n) is 2.75. The first kappa shape index (κ1) is 14.7. The maximum absolute atomic E-state index is 4.49. The summed E-state index contributed by atoms with van der Waals surface area (Å²) in [5.41, 5.74) is 6.22. The molecule has 0 amide bonds. The highest BCUT2D eigenvalue weighted by Gasteiger charge is 2.19. The number of rotatable bonds is 5. The van der Waals surface area contributed by atoms with Crippen LogP contribution in [0, 0.1) is 20.8 Å². The van der Waals surface area contributed by atoms with E-state index < -0.39 is 0 Å². The Morgan fingerprint density at radius 1 is 1.10 bits per heavy atom. The van der Waals surface area contributed by atoms with Gasteiger partial charge in [0, 0.05) is 12.4 Å². The second-order valence-corrected chi connectivity index (χ2v) is 5.33. The van der Waals surface area contributed by atoms with E-state index in [4.69, 9.17) is 0 Å². The Bertz CT molecular complexity index is 541. The fraction of sp³-hybridized carbons (Fsp3) is 0.412. The Kier molecular flexibility index (Phi) is 4.85. The van der Waals surface area contributed by atoms with Gasteiger partial charge in [-0.1, -0.05) is 24.6 Å². The van der Waals surface area contributed by atoms with Gasteiger partial charge in [-0.25, -0.2) is 0 Å². The minimum Gasteiger partial charge on any atom is -0.305 e. The van der Waals surface area contributed by atoms with Gasteiger partial charge in [0.05, 0.1) is 17.9 Å². The number of benzene rings is 1. The molecule has 1 aromatic carbocycles. The molecule has 20 heavy (non-hydrogen) atoms. The summed E-state index contributed by atoms with van der Waals surface area (Å²) < 4.78 is 0. The van der Waals surface area contributed by atoms with Crippen LogP contribution in [0.1, 0.15) is 47.3 Å². The van der Waals surface area contributed by atoms with Crippen LogP contribution in [0.2, 0.25) is 0 Å². The molecule has 106 valence electrons. The summed E-state index contributed by atoms with van der Waals surface area (Å²) in [6, 6.07) is 4.59. The molecule has 0 spiro atoms. The third kappa shape index (κ3) is 3.23. The molecular formula is C17H23N3. The molecule has 0 aliphatic carbocycles. The Morgan fingerprint density at radius 3 is 2.35 bits per heavy atom. The second kappa shape index (κ2) is 6.62. The molecule has 1 atom stereocenters. The van der Waals surface area contributed by atoms with Gasteiger partial charge in [0.2, 0.25) is 0 Å². The Balaban J connectivity index is 2.47. The molecule has 1 heterocycles. The predicted molar refractivity (Wildman–Crippen MR) is 82.8 cm³/mol. The number of hydrogen-bond donors (Lipinski definition) is 1. The molecule has 0 saturated heterocycles. The van der Waals surface area contributed by atoms with Gasteiger partial charge >= 0.3 is 0 Å². The zero-order valence-electron chi connectivity index (χ0n) is 12.8. The van der Waals surface area contributed by atoms with Crippen molar-refractivity contribution in [3.05, 3.63) is 58.7 Å². The molecule has 0 saturated carbocycles. The van der Waals surface area contributed by atoms with Crippen molar-refractivity contribution in [2.24, 2.45) is 0 Å². The van der Waals surface area contributed by atoms with Crippen molar-refractivity contribution < 1.29 is 0 Å². The Morgan fingerprint density at radius 2 is 1.80 bits per heavy atom. The quantitative estimate of drug-likeness (QED) is 0.903. The molecule has 3 nitrogen and oxygen atoms in total. The minimum absolute atomic E-state index is 0.115. The third-order valence-electron chi connectivity index (χ3n) is 3.50. The largest absolute Gasteiger partial charge is 0.305 e. The molecule has 0 aliphatic heterocycles. The number of aromatic nitrogens is 2. The van der Waals surface area contributed by atoms with Crippen molar-refractivity contribution in [3.8, 4) is 0 Å². The summed E-state index contributed by atoms with van der Waals surface area (Å²) in [5.74, 6) is 0. The van der Waals surface area contributed by atoms with Crippen LogP contribution in [0.25, 0.3) is 0 Å². The first-order valence-corrected chi connectivity index (χ1v) is 7.20. The fourth-order valence-corrected chi connectivity index (χ4v) is 2.75. The molecule has 3 heteroatoms. The molecule has 1 N–H and O–H groups in total. The highest BCUT2D eigenvalue weighted by molar-refractivity contribution is 5.42. The van der Waals surface area contributed by atoms with Gasteiger partial charge in [-0.15, -0.1) is 0 Å². The van der Waals surface area contributed by atoms with Crippen molar-refractivity contribution in [1.82, 2.24) is 15.3 Å². The number of aryl methyl sites for hydroxylation is 3. The lowest BCUT2D eigenvalue weighted by Crippen LogP contribution is -2.25. The van der Waals surface area contributed by atoms with Crippen LogP contribution in [-0.4, -0.2) is 16.5 Å². The molecular weight excluding hydrogens is 246 g/mol. The normalized spacial score (nSPS) is 12.4. The van der Waals surface area contributed by atoms with Gasteiger partial charge in [-0.05, 0) is 50.4 Å². The van der Waals surface area contributed by atoms with Crippen LogP contribution < -0.4 is 5.32 Å². The minimum atomic E-state index is 0.115. The smallest absolute Gasteiger partial charge is 0.0801 e. The van der Waals surface area contributed by atoms with Gasteiger partial charge < -0.3 is 5.32 Å². The van der Waals surface area contributed by atoms with Crippen LogP contribution in [0.15, 0.2) is 30.7 Å². The van der Waals surface area contributed by atoms with Crippen LogP contribution in [0.5, 0.6) is 0 Å². The first-order chi connectivity index (χ1) is 9.63. The maximum atomic E-state index is 4.49. The third-order valence-corrected chi connectivity index (χ3v) is 3.50. The van der Waals surface area contributed by atoms with E-state index in [1.807, 2.05) is 6.20 Å². The molecule has 1 aromatic heterocycles. The monoisotopic (exact) mass is 269 g/mol. The highest BCUT2D eigenvalue weighted by Crippen LogP contribution is 2.27. The van der Waals surface area contributed by atoms with Crippen molar-refractivity contribution in [1.29, 1.82) is 0 Å². The highest BCUT2D eigenvalue weighted by atomic mass is 14.9. The number of nitrogens with zero attached hydrogens (tertiary/aromatic N) is 2. The van der Waals surface area contributed by atoms with Crippen LogP contribution >= 0.6 is 0 Å². The molecule has 0 radical (unpaired) electrons. The van der Waals surface area contributed by atoms with Gasteiger partial charge in [-0.3, -0.25) is 9.97 Å². The van der Waals surface area contributed by atoms with E-state index in [1.54, 1.807) is 12.4 Å². The Labute approximate surface area is 121 Å². The summed E-state index contributed by atoms with van der Waals surface area (Å²) >= 11 is 0. The number of nitrogens with one attached hydrogen (secondary N) is 1.